The first-order chi connectivity index (χ1) is 18.0. The van der Waals surface area contributed by atoms with Gasteiger partial charge in [0.15, 0.2) is 0 Å². The van der Waals surface area contributed by atoms with Crippen LogP contribution in [0.2, 0.25) is 0 Å². The molecular formula is C30H42FN3O2S. The van der Waals surface area contributed by atoms with E-state index in [-0.39, 0.29) is 23.7 Å². The first-order valence-corrected chi connectivity index (χ1v) is 15.7. The van der Waals surface area contributed by atoms with Crippen LogP contribution in [-0.2, 0) is 22.7 Å². The molecule has 1 aromatic rings. The fraction of sp³-hybridized carbons (Fsp3) is 0.733. The van der Waals surface area contributed by atoms with Crippen molar-refractivity contribution >= 4 is 23.6 Å². The molecular weight excluding hydrogens is 485 g/mol. The third kappa shape index (κ3) is 5.65. The van der Waals surface area contributed by atoms with Gasteiger partial charge in [0.1, 0.15) is 5.82 Å². The molecule has 0 spiro atoms. The van der Waals surface area contributed by atoms with Crippen LogP contribution in [0.25, 0.3) is 0 Å². The lowest BCUT2D eigenvalue weighted by Crippen LogP contribution is -2.58. The van der Waals surface area contributed by atoms with E-state index in [9.17, 15) is 14.0 Å². The number of carbonyl (C=O) groups is 2. The van der Waals surface area contributed by atoms with Gasteiger partial charge in [-0.3, -0.25) is 19.8 Å². The summed E-state index contributed by atoms with van der Waals surface area (Å²) in [7, 11) is 0. The number of unbranched alkanes of at least 4 members (excludes halogenated alkanes) is 4. The number of halogens is 1. The molecule has 0 aromatic heterocycles. The van der Waals surface area contributed by atoms with E-state index in [0.717, 1.165) is 39.5 Å². The molecule has 1 atom stereocenters. The molecule has 202 valence electrons. The predicted molar refractivity (Wildman–Crippen MR) is 145 cm³/mol. The summed E-state index contributed by atoms with van der Waals surface area (Å²) >= 11 is 1.82. The number of nitrogens with one attached hydrogen (secondary N) is 2. The lowest BCUT2D eigenvalue weighted by Gasteiger charge is -2.57. The average Bonchev–Trinajstić information content (AvgIpc) is 3.29. The molecule has 1 aromatic carbocycles. The van der Waals surface area contributed by atoms with Gasteiger partial charge in [0.2, 0.25) is 11.8 Å². The summed E-state index contributed by atoms with van der Waals surface area (Å²) in [4.78, 5) is 27.0. The van der Waals surface area contributed by atoms with Crippen LogP contribution < -0.4 is 10.6 Å². The standard InChI is InChI=1S/C30H42FN3O2S/c31-25-6-8-27(24-19-34(18-23(24)25)26-7-9-28(35)33-29(26)36)37-11-5-3-1-2-4-10-32-30-15-20-12-21(16-30)14-22(13-20)17-30/h6,8,20-22,26,32H,1-5,7,9-19H2,(H,33,35,36). The second kappa shape index (κ2) is 11.0. The lowest BCUT2D eigenvalue weighted by atomic mass is 9.53. The van der Waals surface area contributed by atoms with E-state index in [1.807, 2.05) is 22.7 Å². The molecule has 2 amide bonds. The summed E-state index contributed by atoms with van der Waals surface area (Å²) < 4.78 is 14.6. The van der Waals surface area contributed by atoms with Crippen molar-refractivity contribution in [2.45, 2.75) is 113 Å². The number of carbonyl (C=O) groups excluding carboxylic acids is 2. The van der Waals surface area contributed by atoms with Gasteiger partial charge in [0.25, 0.3) is 0 Å². The van der Waals surface area contributed by atoms with E-state index in [4.69, 9.17) is 0 Å². The molecule has 5 fully saturated rings. The Bertz CT molecular complexity index is 995. The summed E-state index contributed by atoms with van der Waals surface area (Å²) in [6.45, 7) is 2.21. The minimum Gasteiger partial charge on any atom is -0.311 e. The molecule has 4 saturated carbocycles. The number of fused-ring (bicyclic) bond motifs is 1. The molecule has 2 aliphatic heterocycles. The van der Waals surface area contributed by atoms with Crippen LogP contribution in [0.15, 0.2) is 17.0 Å². The van der Waals surface area contributed by atoms with E-state index in [0.29, 0.717) is 31.5 Å². The third-order valence-corrected chi connectivity index (χ3v) is 11.0. The molecule has 4 aliphatic carbocycles. The van der Waals surface area contributed by atoms with Gasteiger partial charge in [-0.2, -0.15) is 0 Å². The number of hydrogen-bond acceptors (Lipinski definition) is 5. The molecule has 5 nitrogen and oxygen atoms in total. The van der Waals surface area contributed by atoms with Crippen molar-refractivity contribution in [1.29, 1.82) is 0 Å². The topological polar surface area (TPSA) is 61.4 Å². The fourth-order valence-electron chi connectivity index (χ4n) is 8.46. The van der Waals surface area contributed by atoms with E-state index in [1.165, 1.54) is 77.2 Å². The number of amides is 2. The minimum absolute atomic E-state index is 0.184. The Labute approximate surface area is 225 Å². The van der Waals surface area contributed by atoms with Gasteiger partial charge in [-0.05, 0) is 106 Å². The first-order valence-electron chi connectivity index (χ1n) is 14.7. The van der Waals surface area contributed by atoms with Crippen LogP contribution >= 0.6 is 11.8 Å². The molecule has 1 saturated heterocycles. The number of piperidine rings is 1. The Morgan fingerprint density at radius 2 is 1.62 bits per heavy atom. The predicted octanol–water partition coefficient (Wildman–Crippen LogP) is 5.55. The molecule has 6 aliphatic rings. The van der Waals surface area contributed by atoms with Gasteiger partial charge in [0.05, 0.1) is 6.04 Å². The minimum atomic E-state index is -0.347. The highest BCUT2D eigenvalue weighted by Crippen LogP contribution is 2.55. The molecule has 4 bridgehead atoms. The Balaban J connectivity index is 0.893. The zero-order valence-electron chi connectivity index (χ0n) is 22.0. The number of thioether (sulfide) groups is 1. The maximum Gasteiger partial charge on any atom is 0.243 e. The smallest absolute Gasteiger partial charge is 0.243 e. The summed E-state index contributed by atoms with van der Waals surface area (Å²) in [6.07, 6.45) is 16.0. The molecule has 2 N–H and O–H groups in total. The quantitative estimate of drug-likeness (QED) is 0.225. The van der Waals surface area contributed by atoms with Crippen molar-refractivity contribution < 1.29 is 14.0 Å². The molecule has 37 heavy (non-hydrogen) atoms. The lowest BCUT2D eigenvalue weighted by molar-refractivity contribution is -0.137. The highest BCUT2D eigenvalue weighted by Gasteiger charge is 2.50. The monoisotopic (exact) mass is 527 g/mol. The van der Waals surface area contributed by atoms with Gasteiger partial charge in [-0.15, -0.1) is 11.8 Å². The first kappa shape index (κ1) is 25.8. The van der Waals surface area contributed by atoms with Crippen LogP contribution in [-0.4, -0.2) is 40.6 Å². The van der Waals surface area contributed by atoms with Gasteiger partial charge in [0, 0.05) is 35.5 Å². The SMILES string of the molecule is O=C1CCC(N2Cc3c(F)ccc(SCCCCCCCNC45CC6CC(CC(C6)C4)C5)c3C2)C(=O)N1. The Kier molecular flexibility index (Phi) is 7.66. The molecule has 7 rings (SSSR count). The Morgan fingerprint density at radius 1 is 0.946 bits per heavy atom. The largest absolute Gasteiger partial charge is 0.311 e. The third-order valence-electron chi connectivity index (χ3n) is 9.82. The van der Waals surface area contributed by atoms with E-state index in [1.54, 1.807) is 6.07 Å². The number of hydrogen-bond donors (Lipinski definition) is 2. The second-order valence-corrected chi connectivity index (χ2v) is 13.8. The molecule has 7 heteroatoms. The number of nitrogens with zero attached hydrogens (tertiary/aromatic N) is 1. The van der Waals surface area contributed by atoms with Crippen molar-refractivity contribution in [3.05, 3.63) is 29.1 Å². The normalized spacial score (nSPS) is 32.7. The Morgan fingerprint density at radius 3 is 2.35 bits per heavy atom. The van der Waals surface area contributed by atoms with Crippen LogP contribution in [0.3, 0.4) is 0 Å². The van der Waals surface area contributed by atoms with Crippen molar-refractivity contribution in [2.75, 3.05) is 12.3 Å². The van der Waals surface area contributed by atoms with E-state index < -0.39 is 0 Å². The number of imide groups is 1. The highest BCUT2D eigenvalue weighted by atomic mass is 32.2. The van der Waals surface area contributed by atoms with Gasteiger partial charge < -0.3 is 5.32 Å². The average molecular weight is 528 g/mol. The zero-order chi connectivity index (χ0) is 25.4. The highest BCUT2D eigenvalue weighted by molar-refractivity contribution is 7.99. The fourth-order valence-corrected chi connectivity index (χ4v) is 9.55. The van der Waals surface area contributed by atoms with E-state index in [2.05, 4.69) is 10.6 Å². The van der Waals surface area contributed by atoms with Crippen LogP contribution in [0.4, 0.5) is 4.39 Å². The van der Waals surface area contributed by atoms with Crippen molar-refractivity contribution in [1.82, 2.24) is 15.5 Å². The maximum atomic E-state index is 14.6. The summed E-state index contributed by atoms with van der Waals surface area (Å²) in [5.41, 5.74) is 2.25. The molecule has 0 radical (unpaired) electrons. The Hall–Kier alpha value is -1.44. The van der Waals surface area contributed by atoms with Gasteiger partial charge >= 0.3 is 0 Å². The van der Waals surface area contributed by atoms with Crippen LogP contribution in [0.1, 0.15) is 94.6 Å². The van der Waals surface area contributed by atoms with Crippen molar-refractivity contribution in [3.63, 3.8) is 0 Å². The van der Waals surface area contributed by atoms with Crippen molar-refractivity contribution in [2.24, 2.45) is 17.8 Å². The molecule has 2 heterocycles. The number of rotatable bonds is 11. The second-order valence-electron chi connectivity index (χ2n) is 12.6. The van der Waals surface area contributed by atoms with Gasteiger partial charge in [-0.1, -0.05) is 19.3 Å². The number of benzene rings is 1. The van der Waals surface area contributed by atoms with Crippen LogP contribution in [0.5, 0.6) is 0 Å². The zero-order valence-corrected chi connectivity index (χ0v) is 22.9. The molecule has 1 unspecified atom stereocenters. The van der Waals surface area contributed by atoms with E-state index >= 15 is 0 Å². The van der Waals surface area contributed by atoms with Gasteiger partial charge in [-0.25, -0.2) is 4.39 Å². The maximum absolute atomic E-state index is 14.6. The summed E-state index contributed by atoms with van der Waals surface area (Å²) in [5.74, 6) is 3.45. The summed E-state index contributed by atoms with van der Waals surface area (Å²) in [6, 6.07) is 3.13. The van der Waals surface area contributed by atoms with Crippen molar-refractivity contribution in [3.8, 4) is 0 Å². The summed E-state index contributed by atoms with van der Waals surface area (Å²) in [5, 5.41) is 6.47. The van der Waals surface area contributed by atoms with Crippen LogP contribution in [0, 0.1) is 23.6 Å².